The van der Waals surface area contributed by atoms with Gasteiger partial charge in [0.25, 0.3) is 0 Å². The summed E-state index contributed by atoms with van der Waals surface area (Å²) in [4.78, 5) is 29.2. The molecule has 1 aliphatic rings. The molecule has 1 saturated heterocycles. The summed E-state index contributed by atoms with van der Waals surface area (Å²) in [5.74, 6) is -2.62. The third-order valence-corrected chi connectivity index (χ3v) is 5.16. The summed E-state index contributed by atoms with van der Waals surface area (Å²) in [6.45, 7) is 1.83. The predicted molar refractivity (Wildman–Crippen MR) is 100 cm³/mol. The van der Waals surface area contributed by atoms with Crippen molar-refractivity contribution in [3.05, 3.63) is 63.9 Å². The zero-order valence-corrected chi connectivity index (χ0v) is 16.7. The second-order valence-electron chi connectivity index (χ2n) is 6.78. The van der Waals surface area contributed by atoms with Crippen molar-refractivity contribution in [2.75, 3.05) is 13.1 Å². The molecule has 12 heteroatoms. The largest absolute Gasteiger partial charge is 0.433 e. The van der Waals surface area contributed by atoms with Crippen molar-refractivity contribution in [2.24, 2.45) is 0 Å². The Hall–Kier alpha value is -2.95. The van der Waals surface area contributed by atoms with E-state index in [1.165, 1.54) is 11.8 Å². The standard InChI is InChI=1S/C19H16ClF5N4O2/c1-9-17(30)26-6-7-29(9)18(31)28-16(11-3-4-12(21)14(20)15(11)22)10-2-5-13(27-8-10)19(23,24)25/h2-5,8-9,16H,6-7H2,1H3,(H,26,30)(H,28,31)/t9-,16+/m1/s1. The van der Waals surface area contributed by atoms with Crippen LogP contribution in [0, 0.1) is 11.6 Å². The van der Waals surface area contributed by atoms with E-state index in [9.17, 15) is 31.5 Å². The minimum absolute atomic E-state index is 0.00274. The third-order valence-electron chi connectivity index (χ3n) is 4.81. The van der Waals surface area contributed by atoms with Gasteiger partial charge in [0.1, 0.15) is 28.4 Å². The van der Waals surface area contributed by atoms with Crippen LogP contribution >= 0.6 is 11.6 Å². The number of carbonyl (C=O) groups is 2. The predicted octanol–water partition coefficient (Wildman–Crippen LogP) is 3.65. The zero-order valence-electron chi connectivity index (χ0n) is 15.9. The van der Waals surface area contributed by atoms with E-state index in [2.05, 4.69) is 15.6 Å². The van der Waals surface area contributed by atoms with Gasteiger partial charge in [-0.2, -0.15) is 13.2 Å². The number of rotatable bonds is 3. The minimum Gasteiger partial charge on any atom is -0.353 e. The van der Waals surface area contributed by atoms with Gasteiger partial charge in [0.2, 0.25) is 5.91 Å². The Balaban J connectivity index is 2.00. The SMILES string of the molecule is C[C@@H]1C(=O)NCCN1C(=O)N[C@@H](c1ccc(C(F)(F)F)nc1)c1ccc(F)c(Cl)c1F. The molecule has 0 saturated carbocycles. The molecule has 31 heavy (non-hydrogen) atoms. The van der Waals surface area contributed by atoms with Gasteiger partial charge in [0, 0.05) is 24.8 Å². The smallest absolute Gasteiger partial charge is 0.353 e. The highest BCUT2D eigenvalue weighted by Gasteiger charge is 2.34. The molecule has 0 bridgehead atoms. The lowest BCUT2D eigenvalue weighted by molar-refractivity contribution is -0.141. The summed E-state index contributed by atoms with van der Waals surface area (Å²) >= 11 is 5.64. The van der Waals surface area contributed by atoms with Gasteiger partial charge in [-0.15, -0.1) is 0 Å². The van der Waals surface area contributed by atoms with E-state index in [0.717, 1.165) is 24.4 Å². The van der Waals surface area contributed by atoms with Crippen LogP contribution < -0.4 is 10.6 Å². The van der Waals surface area contributed by atoms with Gasteiger partial charge in [-0.3, -0.25) is 9.78 Å². The van der Waals surface area contributed by atoms with Gasteiger partial charge < -0.3 is 15.5 Å². The molecule has 2 aromatic rings. The van der Waals surface area contributed by atoms with E-state index in [4.69, 9.17) is 11.6 Å². The van der Waals surface area contributed by atoms with Crippen LogP contribution in [0.3, 0.4) is 0 Å². The molecule has 6 nitrogen and oxygen atoms in total. The summed E-state index contributed by atoms with van der Waals surface area (Å²) < 4.78 is 66.8. The molecule has 1 aromatic carbocycles. The van der Waals surface area contributed by atoms with Crippen molar-refractivity contribution in [1.82, 2.24) is 20.5 Å². The Kier molecular flexibility index (Phi) is 6.35. The number of hydrogen-bond donors (Lipinski definition) is 2. The fraction of sp³-hybridized carbons (Fsp3) is 0.316. The maximum Gasteiger partial charge on any atom is 0.433 e. The highest BCUT2D eigenvalue weighted by Crippen LogP contribution is 2.32. The number of alkyl halides is 3. The Labute approximate surface area is 178 Å². The Morgan fingerprint density at radius 1 is 1.29 bits per heavy atom. The van der Waals surface area contributed by atoms with E-state index in [0.29, 0.717) is 6.07 Å². The Bertz CT molecular complexity index is 1000. The molecule has 3 rings (SSSR count). The zero-order chi connectivity index (χ0) is 22.9. The number of carbonyl (C=O) groups excluding carboxylic acids is 2. The number of aromatic nitrogens is 1. The van der Waals surface area contributed by atoms with Crippen LogP contribution in [0.2, 0.25) is 5.02 Å². The Morgan fingerprint density at radius 3 is 2.61 bits per heavy atom. The van der Waals surface area contributed by atoms with Gasteiger partial charge in [-0.1, -0.05) is 23.7 Å². The first-order valence-electron chi connectivity index (χ1n) is 9.02. The number of pyridine rings is 1. The highest BCUT2D eigenvalue weighted by molar-refractivity contribution is 6.31. The van der Waals surface area contributed by atoms with Gasteiger partial charge in [-0.05, 0) is 24.6 Å². The summed E-state index contributed by atoms with van der Waals surface area (Å²) in [6, 6.07) is 0.629. The maximum atomic E-state index is 14.7. The third kappa shape index (κ3) is 4.71. The lowest BCUT2D eigenvalue weighted by Gasteiger charge is -2.34. The van der Waals surface area contributed by atoms with Crippen LogP contribution in [0.15, 0.2) is 30.5 Å². The van der Waals surface area contributed by atoms with Crippen molar-refractivity contribution in [1.29, 1.82) is 0 Å². The molecule has 2 atom stereocenters. The van der Waals surface area contributed by atoms with E-state index in [1.807, 2.05) is 0 Å². The molecule has 1 fully saturated rings. The van der Waals surface area contributed by atoms with E-state index in [1.54, 1.807) is 0 Å². The molecule has 2 N–H and O–H groups in total. The molecule has 0 aliphatic carbocycles. The lowest BCUT2D eigenvalue weighted by atomic mass is 9.99. The number of hydrogen-bond acceptors (Lipinski definition) is 3. The number of nitrogens with zero attached hydrogens (tertiary/aromatic N) is 2. The molecular formula is C19H16ClF5N4O2. The van der Waals surface area contributed by atoms with Gasteiger partial charge in [0.05, 0.1) is 6.04 Å². The number of piperazine rings is 1. The second kappa shape index (κ2) is 8.66. The average Bonchev–Trinajstić information content (AvgIpc) is 2.72. The quantitative estimate of drug-likeness (QED) is 0.540. The summed E-state index contributed by atoms with van der Waals surface area (Å²) in [5.41, 5.74) is -1.47. The molecule has 1 aliphatic heterocycles. The van der Waals surface area contributed by atoms with Crippen LogP contribution in [0.5, 0.6) is 0 Å². The monoisotopic (exact) mass is 462 g/mol. The summed E-state index contributed by atoms with van der Waals surface area (Å²) in [6.07, 6.45) is -3.87. The lowest BCUT2D eigenvalue weighted by Crippen LogP contribution is -2.58. The van der Waals surface area contributed by atoms with Crippen LogP contribution in [0.4, 0.5) is 26.7 Å². The molecular weight excluding hydrogens is 447 g/mol. The van der Waals surface area contributed by atoms with Crippen molar-refractivity contribution < 1.29 is 31.5 Å². The number of urea groups is 1. The van der Waals surface area contributed by atoms with Gasteiger partial charge >= 0.3 is 12.2 Å². The first-order chi connectivity index (χ1) is 14.5. The number of amides is 3. The highest BCUT2D eigenvalue weighted by atomic mass is 35.5. The van der Waals surface area contributed by atoms with Crippen LogP contribution in [-0.2, 0) is 11.0 Å². The fourth-order valence-corrected chi connectivity index (χ4v) is 3.29. The van der Waals surface area contributed by atoms with E-state index >= 15 is 0 Å². The van der Waals surface area contributed by atoms with E-state index < -0.39 is 52.5 Å². The van der Waals surface area contributed by atoms with Crippen LogP contribution in [0.1, 0.15) is 29.8 Å². The molecule has 0 spiro atoms. The Morgan fingerprint density at radius 2 is 2.00 bits per heavy atom. The fourth-order valence-electron chi connectivity index (χ4n) is 3.11. The van der Waals surface area contributed by atoms with Crippen LogP contribution in [-0.4, -0.2) is 41.0 Å². The normalized spacial score (nSPS) is 17.8. The first kappa shape index (κ1) is 22.7. The van der Waals surface area contributed by atoms with Crippen molar-refractivity contribution in [2.45, 2.75) is 25.2 Å². The second-order valence-corrected chi connectivity index (χ2v) is 7.16. The topological polar surface area (TPSA) is 74.3 Å². The van der Waals surface area contributed by atoms with E-state index in [-0.39, 0.29) is 24.2 Å². The molecule has 1 aromatic heterocycles. The van der Waals surface area contributed by atoms with Crippen molar-refractivity contribution in [3.8, 4) is 0 Å². The molecule has 0 unspecified atom stereocenters. The number of benzene rings is 1. The number of nitrogens with one attached hydrogen (secondary N) is 2. The van der Waals surface area contributed by atoms with Crippen molar-refractivity contribution >= 4 is 23.5 Å². The van der Waals surface area contributed by atoms with Crippen LogP contribution in [0.25, 0.3) is 0 Å². The van der Waals surface area contributed by atoms with Gasteiger partial charge in [-0.25, -0.2) is 13.6 Å². The summed E-state index contributed by atoms with van der Waals surface area (Å²) in [7, 11) is 0. The summed E-state index contributed by atoms with van der Waals surface area (Å²) in [5, 5.41) is 4.23. The van der Waals surface area contributed by atoms with Crippen molar-refractivity contribution in [3.63, 3.8) is 0 Å². The average molecular weight is 463 g/mol. The molecule has 3 amide bonds. The first-order valence-corrected chi connectivity index (χ1v) is 9.40. The minimum atomic E-state index is -4.70. The maximum absolute atomic E-state index is 14.7. The van der Waals surface area contributed by atoms with Gasteiger partial charge in [0.15, 0.2) is 0 Å². The number of halogens is 6. The molecule has 2 heterocycles. The molecule has 166 valence electrons. The molecule has 0 radical (unpaired) electrons.